The maximum atomic E-state index is 10.6. The van der Waals surface area contributed by atoms with Crippen molar-refractivity contribution in [2.24, 2.45) is 0 Å². The Hall–Kier alpha value is -0.570. The molecule has 66 valence electrons. The van der Waals surface area contributed by atoms with Crippen LogP contribution in [0.25, 0.3) is 0 Å². The first kappa shape index (κ1) is 10.4. The van der Waals surface area contributed by atoms with E-state index in [1.165, 1.54) is 20.0 Å². The molecular formula is C8H17NO2. The molecule has 0 amide bonds. The van der Waals surface area contributed by atoms with Gasteiger partial charge in [0, 0.05) is 0 Å². The molecular weight excluding hydrogens is 142 g/mol. The molecule has 0 saturated heterocycles. The van der Waals surface area contributed by atoms with Gasteiger partial charge in [-0.05, 0) is 13.0 Å². The zero-order valence-corrected chi connectivity index (χ0v) is 7.35. The number of rotatable bonds is 6. The minimum Gasteiger partial charge on any atom is -0.468 e. The topological polar surface area (TPSA) is 38.3 Å². The van der Waals surface area contributed by atoms with E-state index in [0.717, 1.165) is 13.0 Å². The van der Waals surface area contributed by atoms with Crippen LogP contribution in [0.2, 0.25) is 0 Å². The third kappa shape index (κ3) is 7.33. The van der Waals surface area contributed by atoms with Crippen molar-refractivity contribution in [2.45, 2.75) is 26.2 Å². The van der Waals surface area contributed by atoms with Gasteiger partial charge < -0.3 is 10.1 Å². The molecule has 0 aromatic carbocycles. The van der Waals surface area contributed by atoms with Gasteiger partial charge in [-0.1, -0.05) is 19.8 Å². The van der Waals surface area contributed by atoms with Crippen LogP contribution in [0.15, 0.2) is 0 Å². The van der Waals surface area contributed by atoms with E-state index in [0.29, 0.717) is 6.54 Å². The lowest BCUT2D eigenvalue weighted by Gasteiger charge is -2.01. The van der Waals surface area contributed by atoms with Crippen molar-refractivity contribution in [3.8, 4) is 0 Å². The molecule has 0 aliphatic heterocycles. The third-order valence-electron chi connectivity index (χ3n) is 1.45. The lowest BCUT2D eigenvalue weighted by atomic mass is 10.2. The Labute approximate surface area is 68.1 Å². The molecule has 0 aliphatic rings. The fourth-order valence-corrected chi connectivity index (χ4v) is 0.763. The maximum Gasteiger partial charge on any atom is 0.319 e. The van der Waals surface area contributed by atoms with E-state index in [2.05, 4.69) is 17.0 Å². The van der Waals surface area contributed by atoms with Crippen molar-refractivity contribution >= 4 is 5.97 Å². The van der Waals surface area contributed by atoms with Gasteiger partial charge in [0.25, 0.3) is 0 Å². The molecule has 0 saturated carbocycles. The SMILES string of the molecule is CCCCCNCC(=O)OC. The lowest BCUT2D eigenvalue weighted by Crippen LogP contribution is -2.24. The summed E-state index contributed by atoms with van der Waals surface area (Å²) < 4.78 is 4.46. The average Bonchev–Trinajstić information content (AvgIpc) is 2.04. The van der Waals surface area contributed by atoms with Crippen LogP contribution in [-0.2, 0) is 9.53 Å². The maximum absolute atomic E-state index is 10.6. The molecule has 11 heavy (non-hydrogen) atoms. The van der Waals surface area contributed by atoms with Crippen LogP contribution < -0.4 is 5.32 Å². The van der Waals surface area contributed by atoms with Crippen molar-refractivity contribution in [2.75, 3.05) is 20.2 Å². The summed E-state index contributed by atoms with van der Waals surface area (Å²) in [6.07, 6.45) is 3.56. The fourth-order valence-electron chi connectivity index (χ4n) is 0.763. The van der Waals surface area contributed by atoms with E-state index in [4.69, 9.17) is 0 Å². The first-order valence-corrected chi connectivity index (χ1v) is 4.08. The van der Waals surface area contributed by atoms with Gasteiger partial charge in [-0.3, -0.25) is 4.79 Å². The van der Waals surface area contributed by atoms with Crippen molar-refractivity contribution in [3.05, 3.63) is 0 Å². The predicted molar refractivity (Wildman–Crippen MR) is 44.4 cm³/mol. The van der Waals surface area contributed by atoms with Gasteiger partial charge in [-0.25, -0.2) is 0 Å². The number of methoxy groups -OCH3 is 1. The molecule has 0 radical (unpaired) electrons. The summed E-state index contributed by atoms with van der Waals surface area (Å²) in [4.78, 5) is 10.6. The molecule has 0 aromatic rings. The van der Waals surface area contributed by atoms with Gasteiger partial charge in [0.2, 0.25) is 0 Å². The second-order valence-corrected chi connectivity index (χ2v) is 2.46. The van der Waals surface area contributed by atoms with Crippen molar-refractivity contribution in [1.82, 2.24) is 5.32 Å². The Morgan fingerprint density at radius 1 is 1.45 bits per heavy atom. The Bertz CT molecular complexity index is 104. The number of carbonyl (C=O) groups excluding carboxylic acids is 1. The van der Waals surface area contributed by atoms with Gasteiger partial charge >= 0.3 is 5.97 Å². The van der Waals surface area contributed by atoms with Gasteiger partial charge in [0.1, 0.15) is 0 Å². The van der Waals surface area contributed by atoms with E-state index >= 15 is 0 Å². The summed E-state index contributed by atoms with van der Waals surface area (Å²) in [7, 11) is 1.40. The highest BCUT2D eigenvalue weighted by Gasteiger charge is 1.96. The minimum atomic E-state index is -0.193. The molecule has 1 N–H and O–H groups in total. The fraction of sp³-hybridized carbons (Fsp3) is 0.875. The standard InChI is InChI=1S/C8H17NO2/c1-3-4-5-6-9-7-8(10)11-2/h9H,3-7H2,1-2H3. The normalized spacial score (nSPS) is 9.64. The predicted octanol–water partition coefficient (Wildman–Crippen LogP) is 0.939. The summed E-state index contributed by atoms with van der Waals surface area (Å²) in [5, 5.41) is 3.00. The van der Waals surface area contributed by atoms with Crippen molar-refractivity contribution in [3.63, 3.8) is 0 Å². The monoisotopic (exact) mass is 159 g/mol. The number of nitrogens with one attached hydrogen (secondary N) is 1. The number of carbonyl (C=O) groups is 1. The second-order valence-electron chi connectivity index (χ2n) is 2.46. The minimum absolute atomic E-state index is 0.193. The van der Waals surface area contributed by atoms with Crippen LogP contribution in [0.4, 0.5) is 0 Å². The molecule has 0 unspecified atom stereocenters. The van der Waals surface area contributed by atoms with Crippen LogP contribution in [-0.4, -0.2) is 26.2 Å². The number of hydrogen-bond acceptors (Lipinski definition) is 3. The summed E-state index contributed by atoms with van der Waals surface area (Å²) in [6.45, 7) is 3.39. The zero-order valence-electron chi connectivity index (χ0n) is 7.35. The lowest BCUT2D eigenvalue weighted by molar-refractivity contribution is -0.139. The Kier molecular flexibility index (Phi) is 7.15. The van der Waals surface area contributed by atoms with Crippen LogP contribution in [0.1, 0.15) is 26.2 Å². The Balaban J connectivity index is 2.95. The highest BCUT2D eigenvalue weighted by Crippen LogP contribution is 1.90. The van der Waals surface area contributed by atoms with E-state index in [9.17, 15) is 4.79 Å². The average molecular weight is 159 g/mol. The van der Waals surface area contributed by atoms with Gasteiger partial charge in [-0.2, -0.15) is 0 Å². The van der Waals surface area contributed by atoms with Gasteiger partial charge in [0.05, 0.1) is 13.7 Å². The molecule has 0 bridgehead atoms. The smallest absolute Gasteiger partial charge is 0.319 e. The van der Waals surface area contributed by atoms with Gasteiger partial charge in [-0.15, -0.1) is 0 Å². The Morgan fingerprint density at radius 3 is 2.73 bits per heavy atom. The summed E-state index contributed by atoms with van der Waals surface area (Å²) in [6, 6.07) is 0. The van der Waals surface area contributed by atoms with Crippen LogP contribution in [0, 0.1) is 0 Å². The molecule has 0 rings (SSSR count). The summed E-state index contributed by atoms with van der Waals surface area (Å²) >= 11 is 0. The first-order valence-electron chi connectivity index (χ1n) is 4.08. The number of unbranched alkanes of at least 4 members (excludes halogenated alkanes) is 2. The van der Waals surface area contributed by atoms with Crippen LogP contribution in [0.3, 0.4) is 0 Å². The van der Waals surface area contributed by atoms with Crippen LogP contribution >= 0.6 is 0 Å². The number of hydrogen-bond donors (Lipinski definition) is 1. The Morgan fingerprint density at radius 2 is 2.18 bits per heavy atom. The third-order valence-corrected chi connectivity index (χ3v) is 1.45. The van der Waals surface area contributed by atoms with Crippen molar-refractivity contribution in [1.29, 1.82) is 0 Å². The molecule has 3 nitrogen and oxygen atoms in total. The quantitative estimate of drug-likeness (QED) is 0.463. The van der Waals surface area contributed by atoms with E-state index in [1.54, 1.807) is 0 Å². The molecule has 0 fully saturated rings. The molecule has 0 aliphatic carbocycles. The zero-order chi connectivity index (χ0) is 8.53. The van der Waals surface area contributed by atoms with E-state index in [-0.39, 0.29) is 5.97 Å². The molecule has 0 spiro atoms. The highest BCUT2D eigenvalue weighted by molar-refractivity contribution is 5.71. The number of esters is 1. The molecule has 0 heterocycles. The van der Waals surface area contributed by atoms with E-state index in [1.807, 2.05) is 0 Å². The van der Waals surface area contributed by atoms with Gasteiger partial charge in [0.15, 0.2) is 0 Å². The number of ether oxygens (including phenoxy) is 1. The highest BCUT2D eigenvalue weighted by atomic mass is 16.5. The van der Waals surface area contributed by atoms with Crippen molar-refractivity contribution < 1.29 is 9.53 Å². The first-order chi connectivity index (χ1) is 5.31. The summed E-state index contributed by atoms with van der Waals surface area (Å²) in [5.74, 6) is -0.193. The second kappa shape index (κ2) is 7.54. The summed E-state index contributed by atoms with van der Waals surface area (Å²) in [5.41, 5.74) is 0. The largest absolute Gasteiger partial charge is 0.468 e. The van der Waals surface area contributed by atoms with E-state index < -0.39 is 0 Å². The molecule has 0 atom stereocenters. The molecule has 0 aromatic heterocycles. The van der Waals surface area contributed by atoms with Crippen LogP contribution in [0.5, 0.6) is 0 Å². The molecule has 3 heteroatoms.